The SMILES string of the molecule is [C-]#[N+]c1ccc(Cn2cncc2CN2CCC(CO)(Cc3cccc(C(F)(F)F)c3)CC2)cc1. The summed E-state index contributed by atoms with van der Waals surface area (Å²) in [6, 6.07) is 12.9. The molecule has 0 atom stereocenters. The number of halogens is 3. The van der Waals surface area contributed by atoms with Crippen molar-refractivity contribution in [1.29, 1.82) is 0 Å². The number of aliphatic hydroxyl groups excluding tert-OH is 1. The number of hydrogen-bond donors (Lipinski definition) is 1. The second kappa shape index (κ2) is 10.00. The first kappa shape index (κ1) is 24.0. The zero-order chi connectivity index (χ0) is 24.2. The fourth-order valence-electron chi connectivity index (χ4n) is 4.59. The van der Waals surface area contributed by atoms with E-state index in [9.17, 15) is 18.3 Å². The summed E-state index contributed by atoms with van der Waals surface area (Å²) in [4.78, 5) is 10.0. The molecule has 1 N–H and O–H groups in total. The molecule has 0 amide bonds. The van der Waals surface area contributed by atoms with E-state index < -0.39 is 17.2 Å². The molecule has 0 unspecified atom stereocenters. The monoisotopic (exact) mass is 468 g/mol. The highest BCUT2D eigenvalue weighted by Gasteiger charge is 2.36. The van der Waals surface area contributed by atoms with Crippen molar-refractivity contribution in [1.82, 2.24) is 14.5 Å². The molecule has 0 aliphatic carbocycles. The lowest BCUT2D eigenvalue weighted by molar-refractivity contribution is -0.137. The smallest absolute Gasteiger partial charge is 0.396 e. The van der Waals surface area contributed by atoms with Crippen LogP contribution in [-0.2, 0) is 25.7 Å². The van der Waals surface area contributed by atoms with Gasteiger partial charge in [-0.2, -0.15) is 13.2 Å². The molecule has 4 rings (SSSR count). The Labute approximate surface area is 197 Å². The minimum atomic E-state index is -4.37. The fraction of sp³-hybridized carbons (Fsp3) is 0.385. The minimum Gasteiger partial charge on any atom is -0.396 e. The van der Waals surface area contributed by atoms with E-state index in [1.807, 2.05) is 30.5 Å². The van der Waals surface area contributed by atoms with Crippen LogP contribution in [0.25, 0.3) is 4.85 Å². The van der Waals surface area contributed by atoms with Crippen LogP contribution in [0, 0.1) is 12.0 Å². The highest BCUT2D eigenvalue weighted by atomic mass is 19.4. The summed E-state index contributed by atoms with van der Waals surface area (Å²) in [6.07, 6.45) is 1.14. The molecule has 2 heterocycles. The van der Waals surface area contributed by atoms with Crippen molar-refractivity contribution in [3.63, 3.8) is 0 Å². The maximum atomic E-state index is 13.1. The molecule has 0 saturated carbocycles. The van der Waals surface area contributed by atoms with Crippen LogP contribution >= 0.6 is 0 Å². The van der Waals surface area contributed by atoms with Crippen LogP contribution < -0.4 is 0 Å². The first-order valence-corrected chi connectivity index (χ1v) is 11.2. The maximum absolute atomic E-state index is 13.1. The molecule has 1 fully saturated rings. The van der Waals surface area contributed by atoms with Gasteiger partial charge in [0.05, 0.1) is 24.2 Å². The summed E-state index contributed by atoms with van der Waals surface area (Å²) in [7, 11) is 0. The van der Waals surface area contributed by atoms with Crippen molar-refractivity contribution in [2.45, 2.75) is 38.5 Å². The van der Waals surface area contributed by atoms with Gasteiger partial charge in [0.25, 0.3) is 0 Å². The maximum Gasteiger partial charge on any atom is 0.416 e. The lowest BCUT2D eigenvalue weighted by atomic mass is 9.74. The van der Waals surface area contributed by atoms with Gasteiger partial charge in [-0.25, -0.2) is 9.83 Å². The van der Waals surface area contributed by atoms with Crippen molar-refractivity contribution in [3.8, 4) is 0 Å². The van der Waals surface area contributed by atoms with Crippen molar-refractivity contribution >= 4 is 5.69 Å². The number of aliphatic hydroxyl groups is 1. The summed E-state index contributed by atoms with van der Waals surface area (Å²) < 4.78 is 41.3. The molecule has 0 bridgehead atoms. The average Bonchev–Trinajstić information content (AvgIpc) is 3.27. The predicted octanol–water partition coefficient (Wildman–Crippen LogP) is 5.32. The van der Waals surface area contributed by atoms with Crippen LogP contribution in [0.4, 0.5) is 18.9 Å². The topological polar surface area (TPSA) is 45.7 Å². The molecular formula is C26H27F3N4O. The molecule has 1 aromatic heterocycles. The third kappa shape index (κ3) is 5.66. The Bertz CT molecular complexity index is 1140. The normalized spacial score (nSPS) is 16.3. The Morgan fingerprint density at radius 3 is 2.41 bits per heavy atom. The van der Waals surface area contributed by atoms with Gasteiger partial charge in [-0.15, -0.1) is 0 Å². The molecule has 2 aromatic carbocycles. The molecule has 5 nitrogen and oxygen atoms in total. The molecule has 178 valence electrons. The Kier molecular flexibility index (Phi) is 7.05. The van der Waals surface area contributed by atoms with Gasteiger partial charge >= 0.3 is 6.18 Å². The molecule has 3 aromatic rings. The molecule has 0 radical (unpaired) electrons. The van der Waals surface area contributed by atoms with Crippen molar-refractivity contribution in [2.75, 3.05) is 19.7 Å². The van der Waals surface area contributed by atoms with Crippen LogP contribution in [0.2, 0.25) is 0 Å². The number of likely N-dealkylation sites (tertiary alicyclic amines) is 1. The number of hydrogen-bond acceptors (Lipinski definition) is 3. The Morgan fingerprint density at radius 2 is 1.76 bits per heavy atom. The van der Waals surface area contributed by atoms with Gasteiger partial charge in [0.15, 0.2) is 5.69 Å². The van der Waals surface area contributed by atoms with Crippen molar-refractivity contribution in [2.24, 2.45) is 5.41 Å². The molecular weight excluding hydrogens is 441 g/mol. The average molecular weight is 469 g/mol. The quantitative estimate of drug-likeness (QED) is 0.478. The second-order valence-electron chi connectivity index (χ2n) is 9.10. The van der Waals surface area contributed by atoms with E-state index in [0.29, 0.717) is 43.6 Å². The third-order valence-corrected chi connectivity index (χ3v) is 6.69. The van der Waals surface area contributed by atoms with Gasteiger partial charge in [-0.1, -0.05) is 42.5 Å². The zero-order valence-electron chi connectivity index (χ0n) is 18.8. The Balaban J connectivity index is 1.37. The van der Waals surface area contributed by atoms with E-state index >= 15 is 0 Å². The summed E-state index contributed by atoms with van der Waals surface area (Å²) in [6.45, 7) is 9.91. The number of imidazole rings is 1. The molecule has 1 aliphatic heterocycles. The number of piperidine rings is 1. The summed E-state index contributed by atoms with van der Waals surface area (Å²) in [5.74, 6) is 0. The first-order chi connectivity index (χ1) is 16.3. The Morgan fingerprint density at radius 1 is 1.03 bits per heavy atom. The lowest BCUT2D eigenvalue weighted by Gasteiger charge is -2.41. The number of alkyl halides is 3. The van der Waals surface area contributed by atoms with Gasteiger partial charge in [0, 0.05) is 25.9 Å². The van der Waals surface area contributed by atoms with Gasteiger partial charge in [-0.05, 0) is 55.0 Å². The minimum absolute atomic E-state index is 0.0460. The van der Waals surface area contributed by atoms with Gasteiger partial charge < -0.3 is 9.67 Å². The summed E-state index contributed by atoms with van der Waals surface area (Å²) >= 11 is 0. The summed E-state index contributed by atoms with van der Waals surface area (Å²) in [5, 5.41) is 10.1. The van der Waals surface area contributed by atoms with E-state index in [0.717, 1.165) is 30.4 Å². The molecule has 1 saturated heterocycles. The highest BCUT2D eigenvalue weighted by Crippen LogP contribution is 2.37. The molecule has 8 heteroatoms. The largest absolute Gasteiger partial charge is 0.416 e. The fourth-order valence-corrected chi connectivity index (χ4v) is 4.59. The lowest BCUT2D eigenvalue weighted by Crippen LogP contribution is -2.43. The van der Waals surface area contributed by atoms with E-state index in [4.69, 9.17) is 6.57 Å². The van der Waals surface area contributed by atoms with E-state index in [1.165, 1.54) is 12.1 Å². The van der Waals surface area contributed by atoms with Crippen molar-refractivity contribution in [3.05, 3.63) is 94.9 Å². The van der Waals surface area contributed by atoms with Gasteiger partial charge in [-0.3, -0.25) is 4.90 Å². The molecule has 1 aliphatic rings. The standard InChI is InChI=1S/C26H27F3N4O/c1-30-23-7-5-20(6-8-23)16-33-19-31-15-24(33)17-32-11-9-25(18-34,10-12-32)14-21-3-2-4-22(13-21)26(27,28)29/h2-8,13,15,19,34H,9-12,14,16-18H2. The third-order valence-electron chi connectivity index (χ3n) is 6.69. The predicted molar refractivity (Wildman–Crippen MR) is 123 cm³/mol. The van der Waals surface area contributed by atoms with Crippen molar-refractivity contribution < 1.29 is 18.3 Å². The highest BCUT2D eigenvalue weighted by molar-refractivity contribution is 5.45. The number of rotatable bonds is 7. The number of benzene rings is 2. The van der Waals surface area contributed by atoms with Crippen LogP contribution in [0.3, 0.4) is 0 Å². The van der Waals surface area contributed by atoms with E-state index in [2.05, 4.69) is 19.3 Å². The van der Waals surface area contributed by atoms with E-state index in [1.54, 1.807) is 12.4 Å². The first-order valence-electron chi connectivity index (χ1n) is 11.2. The van der Waals surface area contributed by atoms with Crippen LogP contribution in [-0.4, -0.2) is 39.3 Å². The van der Waals surface area contributed by atoms with Crippen LogP contribution in [0.1, 0.15) is 35.2 Å². The molecule has 34 heavy (non-hydrogen) atoms. The van der Waals surface area contributed by atoms with Gasteiger partial charge in [0.1, 0.15) is 0 Å². The summed E-state index contributed by atoms with van der Waals surface area (Å²) in [5.41, 5.74) is 2.33. The van der Waals surface area contributed by atoms with Crippen LogP contribution in [0.5, 0.6) is 0 Å². The van der Waals surface area contributed by atoms with Crippen LogP contribution in [0.15, 0.2) is 61.1 Å². The number of nitrogens with zero attached hydrogens (tertiary/aromatic N) is 4. The zero-order valence-corrected chi connectivity index (χ0v) is 18.8. The number of aromatic nitrogens is 2. The second-order valence-corrected chi connectivity index (χ2v) is 9.10. The Hall–Kier alpha value is -3.15. The molecule has 0 spiro atoms. The van der Waals surface area contributed by atoms with Gasteiger partial charge in [0.2, 0.25) is 0 Å². The van der Waals surface area contributed by atoms with E-state index in [-0.39, 0.29) is 6.61 Å².